The normalized spacial score (nSPS) is 10.5. The second-order valence-corrected chi connectivity index (χ2v) is 6.07. The Labute approximate surface area is 168 Å². The van der Waals surface area contributed by atoms with Crippen molar-refractivity contribution >= 4 is 16.7 Å². The van der Waals surface area contributed by atoms with Gasteiger partial charge in [-0.3, -0.25) is 9.78 Å². The van der Waals surface area contributed by atoms with E-state index in [4.69, 9.17) is 10.1 Å². The van der Waals surface area contributed by atoms with E-state index in [1.165, 1.54) is 36.4 Å². The van der Waals surface area contributed by atoms with E-state index in [-0.39, 0.29) is 31.6 Å². The third-order valence-corrected chi connectivity index (χ3v) is 3.49. The van der Waals surface area contributed by atoms with E-state index in [9.17, 15) is 4.79 Å². The first kappa shape index (κ1) is 21.8. The van der Waals surface area contributed by atoms with Crippen LogP contribution >= 0.6 is 0 Å². The summed E-state index contributed by atoms with van der Waals surface area (Å²) in [5, 5.41) is 9.55. The van der Waals surface area contributed by atoms with E-state index in [2.05, 4.69) is 56.3 Å². The van der Waals surface area contributed by atoms with Gasteiger partial charge in [0.1, 0.15) is 0 Å². The summed E-state index contributed by atoms with van der Waals surface area (Å²) in [5.74, 6) is -0.0625. The number of hydrogen-bond donors (Lipinski definition) is 1. The third kappa shape index (κ3) is 6.55. The standard InChI is InChI=1S/C17H14N.C5H8O2.Ir/c1-12-4-3-5-14(10-12)17-9-7-15-11-13(2)6-8-16(15)18-17;1-4(6)3-5(2)7;/h3-4,6-11H,1-2H3;3,6H,1-2H3;/q-1;;/b;4-3-;. The predicted octanol–water partition coefficient (Wildman–Crippen LogP) is 5.35. The molecule has 137 valence electrons. The molecular formula is C22H22IrNO2-. The Morgan fingerprint density at radius 3 is 2.31 bits per heavy atom. The summed E-state index contributed by atoms with van der Waals surface area (Å²) in [6, 6.07) is 19.9. The fourth-order valence-corrected chi connectivity index (χ4v) is 2.42. The van der Waals surface area contributed by atoms with E-state index in [0.29, 0.717) is 0 Å². The Balaban J connectivity index is 0.000000366. The van der Waals surface area contributed by atoms with Crippen molar-refractivity contribution < 1.29 is 30.0 Å². The van der Waals surface area contributed by atoms with Gasteiger partial charge < -0.3 is 5.11 Å². The largest absolute Gasteiger partial charge is 0.512 e. The van der Waals surface area contributed by atoms with Crippen molar-refractivity contribution in [1.29, 1.82) is 0 Å². The molecule has 0 unspecified atom stereocenters. The molecule has 4 heteroatoms. The number of aliphatic hydroxyl groups is 1. The van der Waals surface area contributed by atoms with Gasteiger partial charge in [0.25, 0.3) is 0 Å². The van der Waals surface area contributed by atoms with Crippen molar-refractivity contribution in [3.8, 4) is 11.3 Å². The second-order valence-electron chi connectivity index (χ2n) is 6.07. The summed E-state index contributed by atoms with van der Waals surface area (Å²) in [6.07, 6.45) is 1.17. The first-order valence-electron chi connectivity index (χ1n) is 8.09. The molecular weight excluding hydrogens is 502 g/mol. The van der Waals surface area contributed by atoms with Crippen molar-refractivity contribution in [2.24, 2.45) is 0 Å². The van der Waals surface area contributed by atoms with Gasteiger partial charge in [0.05, 0.1) is 11.3 Å². The van der Waals surface area contributed by atoms with Crippen LogP contribution in [-0.4, -0.2) is 15.9 Å². The van der Waals surface area contributed by atoms with E-state index in [1.807, 2.05) is 12.1 Å². The van der Waals surface area contributed by atoms with Crippen molar-refractivity contribution in [3.63, 3.8) is 0 Å². The van der Waals surface area contributed by atoms with Crippen molar-refractivity contribution in [3.05, 3.63) is 77.6 Å². The number of pyridine rings is 1. The van der Waals surface area contributed by atoms with Crippen LogP contribution < -0.4 is 0 Å². The number of aromatic nitrogens is 1. The van der Waals surface area contributed by atoms with Gasteiger partial charge in [0.15, 0.2) is 5.78 Å². The molecule has 2 aromatic carbocycles. The van der Waals surface area contributed by atoms with Crippen molar-refractivity contribution in [2.75, 3.05) is 0 Å². The van der Waals surface area contributed by atoms with E-state index >= 15 is 0 Å². The Hall–Kier alpha value is -2.29. The van der Waals surface area contributed by atoms with Crippen LogP contribution in [0.4, 0.5) is 0 Å². The van der Waals surface area contributed by atoms with Gasteiger partial charge in [-0.25, -0.2) is 0 Å². The van der Waals surface area contributed by atoms with Crippen LogP contribution in [0.2, 0.25) is 0 Å². The zero-order valence-corrected chi connectivity index (χ0v) is 17.7. The molecule has 1 aromatic heterocycles. The minimum atomic E-state index is -0.125. The number of benzene rings is 2. The average molecular weight is 525 g/mol. The Morgan fingerprint density at radius 2 is 1.73 bits per heavy atom. The van der Waals surface area contributed by atoms with Gasteiger partial charge in [0.2, 0.25) is 0 Å². The van der Waals surface area contributed by atoms with Crippen LogP contribution in [0, 0.1) is 19.9 Å². The summed E-state index contributed by atoms with van der Waals surface area (Å²) in [4.78, 5) is 14.7. The second kappa shape index (κ2) is 10.0. The number of carbonyl (C=O) groups excluding carboxylic acids is 1. The van der Waals surface area contributed by atoms with Crippen LogP contribution in [-0.2, 0) is 24.9 Å². The topological polar surface area (TPSA) is 50.2 Å². The van der Waals surface area contributed by atoms with E-state index < -0.39 is 0 Å². The molecule has 0 amide bonds. The molecule has 0 aliphatic rings. The molecule has 3 aromatic rings. The quantitative estimate of drug-likeness (QED) is 0.279. The third-order valence-electron chi connectivity index (χ3n) is 3.49. The van der Waals surface area contributed by atoms with E-state index in [0.717, 1.165) is 16.8 Å². The maximum Gasteiger partial charge on any atom is 0.155 e. The van der Waals surface area contributed by atoms with Crippen LogP contribution in [0.25, 0.3) is 22.2 Å². The van der Waals surface area contributed by atoms with Gasteiger partial charge in [-0.05, 0) is 44.0 Å². The van der Waals surface area contributed by atoms with Gasteiger partial charge in [-0.15, -0.1) is 35.4 Å². The summed E-state index contributed by atoms with van der Waals surface area (Å²) in [6.45, 7) is 7.03. The predicted molar refractivity (Wildman–Crippen MR) is 103 cm³/mol. The van der Waals surface area contributed by atoms with Crippen molar-refractivity contribution in [2.45, 2.75) is 27.7 Å². The maximum atomic E-state index is 10.0. The molecule has 0 atom stereocenters. The molecule has 0 aliphatic heterocycles. The van der Waals surface area contributed by atoms with E-state index in [1.54, 1.807) is 0 Å². The zero-order chi connectivity index (χ0) is 18.4. The van der Waals surface area contributed by atoms with Crippen LogP contribution in [0.5, 0.6) is 0 Å². The molecule has 1 radical (unpaired) electrons. The maximum absolute atomic E-state index is 10.0. The molecule has 26 heavy (non-hydrogen) atoms. The van der Waals surface area contributed by atoms with Crippen LogP contribution in [0.15, 0.2) is 60.4 Å². The number of nitrogens with zero attached hydrogens (tertiary/aromatic N) is 1. The number of fused-ring (bicyclic) bond motifs is 1. The molecule has 0 bridgehead atoms. The SMILES string of the molecule is CC(=O)/C=C(/C)O.Cc1cc[c-]c(-c2ccc3cc(C)ccc3n2)c1.[Ir]. The summed E-state index contributed by atoms with van der Waals surface area (Å²) >= 11 is 0. The van der Waals surface area contributed by atoms with Crippen LogP contribution in [0.3, 0.4) is 0 Å². The minimum absolute atomic E-state index is 0. The molecule has 3 rings (SSSR count). The van der Waals surface area contributed by atoms with Gasteiger partial charge in [0, 0.05) is 26.2 Å². The molecule has 0 fully saturated rings. The first-order chi connectivity index (χ1) is 11.8. The summed E-state index contributed by atoms with van der Waals surface area (Å²) in [7, 11) is 0. The molecule has 3 nitrogen and oxygen atoms in total. The molecule has 1 N–H and O–H groups in total. The number of hydrogen-bond acceptors (Lipinski definition) is 3. The van der Waals surface area contributed by atoms with Gasteiger partial charge in [-0.1, -0.05) is 30.7 Å². The molecule has 0 spiro atoms. The molecule has 0 saturated carbocycles. The Bertz CT molecular complexity index is 928. The van der Waals surface area contributed by atoms with Crippen LogP contribution in [0.1, 0.15) is 25.0 Å². The number of ketones is 1. The molecule has 0 aliphatic carbocycles. The fourth-order valence-electron chi connectivity index (χ4n) is 2.42. The smallest absolute Gasteiger partial charge is 0.155 e. The monoisotopic (exact) mass is 525 g/mol. The average Bonchev–Trinajstić information content (AvgIpc) is 2.53. The summed E-state index contributed by atoms with van der Waals surface area (Å²) < 4.78 is 0. The zero-order valence-electron chi connectivity index (χ0n) is 15.3. The van der Waals surface area contributed by atoms with Crippen molar-refractivity contribution in [1.82, 2.24) is 4.98 Å². The van der Waals surface area contributed by atoms with Gasteiger partial charge >= 0.3 is 0 Å². The Morgan fingerprint density at radius 1 is 1.04 bits per heavy atom. The molecule has 1 heterocycles. The van der Waals surface area contributed by atoms with Gasteiger partial charge in [-0.2, -0.15) is 0 Å². The minimum Gasteiger partial charge on any atom is -0.512 e. The summed E-state index contributed by atoms with van der Waals surface area (Å²) in [5.41, 5.74) is 5.56. The fraction of sp³-hybridized carbons (Fsp3) is 0.182. The number of carbonyl (C=O) groups is 1. The Kier molecular flexibility index (Phi) is 8.37. The number of aliphatic hydroxyl groups excluding tert-OH is 1. The number of rotatable bonds is 2. The molecule has 0 saturated heterocycles. The first-order valence-corrected chi connectivity index (χ1v) is 8.09. The number of aryl methyl sites for hydroxylation is 2. The number of allylic oxidation sites excluding steroid dienone is 2.